The SMILES string of the molecule is CN(C)C1CCC(/C=C(\CC(=O)O)C2=NC3CCCCC3S2)CC1. The molecule has 0 radical (unpaired) electrons. The van der Waals surface area contributed by atoms with Crippen LogP contribution in [0.5, 0.6) is 0 Å². The molecule has 0 amide bonds. The third-order valence-corrected chi connectivity index (χ3v) is 7.18. The zero-order valence-electron chi connectivity index (χ0n) is 14.9. The standard InChI is InChI=1S/C19H30N2O2S/c1-21(2)15-9-7-13(8-10-15)11-14(12-18(22)23)19-20-16-5-3-4-6-17(16)24-19/h11,13,15-17H,3-10,12H2,1-2H3,(H,22,23)/b14-11+. The van der Waals surface area contributed by atoms with Gasteiger partial charge in [0.05, 0.1) is 17.5 Å². The van der Waals surface area contributed by atoms with Gasteiger partial charge in [-0.25, -0.2) is 0 Å². The summed E-state index contributed by atoms with van der Waals surface area (Å²) in [6.07, 6.45) is 12.1. The molecule has 1 aliphatic heterocycles. The molecule has 0 spiro atoms. The average Bonchev–Trinajstić information content (AvgIpc) is 2.98. The Kier molecular flexibility index (Phi) is 6.03. The molecule has 2 saturated carbocycles. The van der Waals surface area contributed by atoms with E-state index in [1.165, 1.54) is 38.5 Å². The first-order chi connectivity index (χ1) is 11.5. The van der Waals surface area contributed by atoms with Gasteiger partial charge in [0.1, 0.15) is 0 Å². The van der Waals surface area contributed by atoms with Gasteiger partial charge >= 0.3 is 5.97 Å². The van der Waals surface area contributed by atoms with Gasteiger partial charge in [0.15, 0.2) is 0 Å². The molecule has 24 heavy (non-hydrogen) atoms. The quantitative estimate of drug-likeness (QED) is 0.815. The molecule has 2 atom stereocenters. The molecule has 2 aliphatic carbocycles. The molecule has 0 bridgehead atoms. The normalized spacial score (nSPS) is 34.1. The number of hydrogen-bond acceptors (Lipinski definition) is 4. The van der Waals surface area contributed by atoms with Crippen molar-refractivity contribution in [2.45, 2.75) is 75.1 Å². The van der Waals surface area contributed by atoms with Crippen molar-refractivity contribution in [3.05, 3.63) is 11.6 Å². The number of allylic oxidation sites excluding steroid dienone is 1. The van der Waals surface area contributed by atoms with Gasteiger partial charge in [-0.3, -0.25) is 9.79 Å². The number of rotatable bonds is 5. The Labute approximate surface area is 149 Å². The summed E-state index contributed by atoms with van der Waals surface area (Å²) in [7, 11) is 4.31. The van der Waals surface area contributed by atoms with Crippen molar-refractivity contribution in [3.63, 3.8) is 0 Å². The number of carbonyl (C=O) groups is 1. The van der Waals surface area contributed by atoms with Crippen LogP contribution in [-0.2, 0) is 4.79 Å². The number of hydrogen-bond donors (Lipinski definition) is 1. The summed E-state index contributed by atoms with van der Waals surface area (Å²) < 4.78 is 0. The van der Waals surface area contributed by atoms with Crippen LogP contribution in [0.1, 0.15) is 57.8 Å². The second-order valence-electron chi connectivity index (χ2n) is 7.74. The summed E-state index contributed by atoms with van der Waals surface area (Å²) in [5, 5.41) is 11.0. The van der Waals surface area contributed by atoms with Crippen LogP contribution >= 0.6 is 11.8 Å². The lowest BCUT2D eigenvalue weighted by atomic mass is 9.84. The third-order valence-electron chi connectivity index (χ3n) is 5.74. The van der Waals surface area contributed by atoms with Crippen molar-refractivity contribution >= 4 is 22.8 Å². The Balaban J connectivity index is 1.69. The molecule has 0 saturated heterocycles. The molecule has 3 aliphatic rings. The Morgan fingerprint density at radius 2 is 1.92 bits per heavy atom. The average molecular weight is 351 g/mol. The Hall–Kier alpha value is -0.810. The van der Waals surface area contributed by atoms with Gasteiger partial charge in [0.2, 0.25) is 0 Å². The molecular formula is C19H30N2O2S. The monoisotopic (exact) mass is 350 g/mol. The maximum Gasteiger partial charge on any atom is 0.307 e. The van der Waals surface area contributed by atoms with E-state index < -0.39 is 5.97 Å². The van der Waals surface area contributed by atoms with Crippen LogP contribution in [0.3, 0.4) is 0 Å². The smallest absolute Gasteiger partial charge is 0.307 e. The molecule has 0 aromatic rings. The van der Waals surface area contributed by atoms with E-state index in [0.29, 0.717) is 23.3 Å². The van der Waals surface area contributed by atoms with Crippen LogP contribution in [0.4, 0.5) is 0 Å². The van der Waals surface area contributed by atoms with Crippen molar-refractivity contribution in [1.29, 1.82) is 0 Å². The fourth-order valence-electron chi connectivity index (χ4n) is 4.28. The molecule has 3 rings (SSSR count). The molecule has 1 N–H and O–H groups in total. The van der Waals surface area contributed by atoms with Gasteiger partial charge in [0.25, 0.3) is 0 Å². The molecule has 2 unspecified atom stereocenters. The predicted octanol–water partition coefficient (Wildman–Crippen LogP) is 3.96. The van der Waals surface area contributed by atoms with Crippen LogP contribution in [-0.4, -0.2) is 52.4 Å². The van der Waals surface area contributed by atoms with Gasteiger partial charge < -0.3 is 10.0 Å². The van der Waals surface area contributed by atoms with Gasteiger partial charge in [-0.05, 0) is 64.1 Å². The highest BCUT2D eigenvalue weighted by molar-refractivity contribution is 8.15. The van der Waals surface area contributed by atoms with Crippen LogP contribution in [0.15, 0.2) is 16.6 Å². The fraction of sp³-hybridized carbons (Fsp3) is 0.789. The minimum atomic E-state index is -0.735. The van der Waals surface area contributed by atoms with E-state index in [1.54, 1.807) is 0 Å². The molecule has 134 valence electrons. The highest BCUT2D eigenvalue weighted by atomic mass is 32.2. The minimum Gasteiger partial charge on any atom is -0.481 e. The maximum absolute atomic E-state index is 11.4. The number of aliphatic carboxylic acids is 1. The minimum absolute atomic E-state index is 0.124. The second kappa shape index (κ2) is 8.05. The first kappa shape index (κ1) is 18.0. The lowest BCUT2D eigenvalue weighted by Crippen LogP contribution is -2.31. The largest absolute Gasteiger partial charge is 0.481 e. The number of aliphatic imine (C=N–C) groups is 1. The zero-order chi connectivity index (χ0) is 17.1. The van der Waals surface area contributed by atoms with Crippen molar-refractivity contribution in [2.75, 3.05) is 14.1 Å². The van der Waals surface area contributed by atoms with Crippen LogP contribution in [0.2, 0.25) is 0 Å². The summed E-state index contributed by atoms with van der Waals surface area (Å²) in [6.45, 7) is 0. The van der Waals surface area contributed by atoms with Crippen molar-refractivity contribution in [2.24, 2.45) is 10.9 Å². The van der Waals surface area contributed by atoms with Gasteiger partial charge in [0, 0.05) is 11.3 Å². The summed E-state index contributed by atoms with van der Waals surface area (Å²) in [5.41, 5.74) is 0.982. The predicted molar refractivity (Wildman–Crippen MR) is 101 cm³/mol. The molecule has 0 aromatic heterocycles. The number of carboxylic acid groups (broad SMARTS) is 1. The van der Waals surface area contributed by atoms with E-state index in [2.05, 4.69) is 25.1 Å². The van der Waals surface area contributed by atoms with E-state index in [4.69, 9.17) is 4.99 Å². The lowest BCUT2D eigenvalue weighted by molar-refractivity contribution is -0.136. The van der Waals surface area contributed by atoms with E-state index in [0.717, 1.165) is 23.5 Å². The highest BCUT2D eigenvalue weighted by Gasteiger charge is 2.34. The van der Waals surface area contributed by atoms with E-state index in [-0.39, 0.29) is 6.42 Å². The van der Waals surface area contributed by atoms with Crippen molar-refractivity contribution < 1.29 is 9.90 Å². The van der Waals surface area contributed by atoms with Gasteiger partial charge in [-0.2, -0.15) is 0 Å². The Morgan fingerprint density at radius 3 is 2.54 bits per heavy atom. The van der Waals surface area contributed by atoms with Crippen LogP contribution < -0.4 is 0 Å². The highest BCUT2D eigenvalue weighted by Crippen LogP contribution is 2.40. The van der Waals surface area contributed by atoms with E-state index >= 15 is 0 Å². The summed E-state index contributed by atoms with van der Waals surface area (Å²) >= 11 is 1.85. The zero-order valence-corrected chi connectivity index (χ0v) is 15.7. The second-order valence-corrected chi connectivity index (χ2v) is 8.96. The maximum atomic E-state index is 11.4. The third kappa shape index (κ3) is 4.42. The van der Waals surface area contributed by atoms with Crippen LogP contribution in [0.25, 0.3) is 0 Å². The lowest BCUT2D eigenvalue weighted by Gasteiger charge is -2.31. The number of carboxylic acids is 1. The molecule has 2 fully saturated rings. The summed E-state index contributed by atoms with van der Waals surface area (Å²) in [6, 6.07) is 1.11. The van der Waals surface area contributed by atoms with Crippen molar-refractivity contribution in [3.8, 4) is 0 Å². The van der Waals surface area contributed by atoms with Crippen LogP contribution in [0, 0.1) is 5.92 Å². The topological polar surface area (TPSA) is 52.9 Å². The number of nitrogens with zero attached hydrogens (tertiary/aromatic N) is 2. The van der Waals surface area contributed by atoms with E-state index in [9.17, 15) is 9.90 Å². The number of fused-ring (bicyclic) bond motifs is 1. The van der Waals surface area contributed by atoms with Crippen molar-refractivity contribution in [1.82, 2.24) is 4.90 Å². The Morgan fingerprint density at radius 1 is 1.21 bits per heavy atom. The van der Waals surface area contributed by atoms with Gasteiger partial charge in [-0.1, -0.05) is 18.9 Å². The first-order valence-electron chi connectivity index (χ1n) is 9.36. The molecule has 4 nitrogen and oxygen atoms in total. The summed E-state index contributed by atoms with van der Waals surface area (Å²) in [5.74, 6) is -0.220. The number of thioether (sulfide) groups is 1. The Bertz CT molecular complexity index is 521. The van der Waals surface area contributed by atoms with E-state index in [1.807, 2.05) is 11.8 Å². The molecule has 5 heteroatoms. The van der Waals surface area contributed by atoms with Gasteiger partial charge in [-0.15, -0.1) is 11.8 Å². The fourth-order valence-corrected chi connectivity index (χ4v) is 5.70. The molecule has 1 heterocycles. The summed E-state index contributed by atoms with van der Waals surface area (Å²) in [4.78, 5) is 18.6. The first-order valence-corrected chi connectivity index (χ1v) is 10.2. The molecule has 0 aromatic carbocycles. The molecular weight excluding hydrogens is 320 g/mol.